The molecular weight excluding hydrogens is 200 g/mol. The number of imidazole rings is 1. The highest BCUT2D eigenvalue weighted by molar-refractivity contribution is 5.76. The van der Waals surface area contributed by atoms with Crippen LogP contribution in [-0.2, 0) is 13.6 Å². The lowest BCUT2D eigenvalue weighted by molar-refractivity contribution is 0.695. The number of nitrogens with one attached hydrogen (secondary N) is 1. The minimum absolute atomic E-state index is 0.672. The number of hydrogen-bond acceptors (Lipinski definition) is 3. The van der Waals surface area contributed by atoms with Crippen LogP contribution in [0.4, 0.5) is 0 Å². The van der Waals surface area contributed by atoms with Gasteiger partial charge in [0.2, 0.25) is 0 Å². The lowest BCUT2D eigenvalue weighted by Crippen LogP contribution is -2.21. The van der Waals surface area contributed by atoms with Gasteiger partial charge in [-0.3, -0.25) is 0 Å². The SMILES string of the molecule is Cc1nc2cc(CNCCN)ccc2n1C. The second-order valence-electron chi connectivity index (χ2n) is 4.01. The molecule has 2 aromatic rings. The number of nitrogens with two attached hydrogens (primary N) is 1. The van der Waals surface area contributed by atoms with Gasteiger partial charge in [0.15, 0.2) is 0 Å². The van der Waals surface area contributed by atoms with E-state index in [1.807, 2.05) is 14.0 Å². The molecule has 1 heterocycles. The van der Waals surface area contributed by atoms with Crippen LogP contribution in [0, 0.1) is 6.92 Å². The largest absolute Gasteiger partial charge is 0.331 e. The first-order chi connectivity index (χ1) is 7.72. The Bertz CT molecular complexity index is 487. The first-order valence-corrected chi connectivity index (χ1v) is 5.55. The van der Waals surface area contributed by atoms with E-state index in [0.717, 1.165) is 24.4 Å². The third kappa shape index (κ3) is 2.08. The fraction of sp³-hybridized carbons (Fsp3) is 0.417. The van der Waals surface area contributed by atoms with E-state index in [-0.39, 0.29) is 0 Å². The molecule has 1 aromatic heterocycles. The lowest BCUT2D eigenvalue weighted by Gasteiger charge is -2.03. The van der Waals surface area contributed by atoms with Crippen molar-refractivity contribution in [2.45, 2.75) is 13.5 Å². The maximum absolute atomic E-state index is 5.43. The molecule has 1 aromatic carbocycles. The van der Waals surface area contributed by atoms with Crippen molar-refractivity contribution >= 4 is 11.0 Å². The summed E-state index contributed by atoms with van der Waals surface area (Å²) in [6.07, 6.45) is 0. The van der Waals surface area contributed by atoms with Gasteiger partial charge >= 0.3 is 0 Å². The van der Waals surface area contributed by atoms with Gasteiger partial charge in [0.05, 0.1) is 11.0 Å². The normalized spacial score (nSPS) is 11.2. The Hall–Kier alpha value is -1.39. The maximum atomic E-state index is 5.43. The Morgan fingerprint density at radius 1 is 1.44 bits per heavy atom. The second-order valence-corrected chi connectivity index (χ2v) is 4.01. The van der Waals surface area contributed by atoms with E-state index in [2.05, 4.69) is 33.1 Å². The molecule has 3 N–H and O–H groups in total. The Morgan fingerprint density at radius 2 is 2.25 bits per heavy atom. The van der Waals surface area contributed by atoms with Crippen molar-refractivity contribution in [1.82, 2.24) is 14.9 Å². The number of aryl methyl sites for hydroxylation is 2. The standard InChI is InChI=1S/C12H18N4/c1-9-15-11-7-10(8-14-6-5-13)3-4-12(11)16(9)2/h3-4,7,14H,5-6,8,13H2,1-2H3. The van der Waals surface area contributed by atoms with Crippen LogP contribution in [0.25, 0.3) is 11.0 Å². The zero-order chi connectivity index (χ0) is 11.5. The lowest BCUT2D eigenvalue weighted by atomic mass is 10.2. The van der Waals surface area contributed by atoms with E-state index in [1.54, 1.807) is 0 Å². The van der Waals surface area contributed by atoms with Gasteiger partial charge in [-0.05, 0) is 24.6 Å². The topological polar surface area (TPSA) is 55.9 Å². The fourth-order valence-electron chi connectivity index (χ4n) is 1.81. The molecule has 0 atom stereocenters. The summed E-state index contributed by atoms with van der Waals surface area (Å²) in [5, 5.41) is 3.28. The van der Waals surface area contributed by atoms with Gasteiger partial charge in [-0.1, -0.05) is 6.07 Å². The molecular formula is C12H18N4. The predicted molar refractivity (Wildman–Crippen MR) is 66.2 cm³/mol. The Kier molecular flexibility index (Phi) is 3.22. The van der Waals surface area contributed by atoms with E-state index < -0.39 is 0 Å². The molecule has 0 saturated heterocycles. The summed E-state index contributed by atoms with van der Waals surface area (Å²) in [5.41, 5.74) is 8.92. The zero-order valence-corrected chi connectivity index (χ0v) is 9.83. The van der Waals surface area contributed by atoms with E-state index in [0.29, 0.717) is 6.54 Å². The molecule has 4 nitrogen and oxygen atoms in total. The van der Waals surface area contributed by atoms with Gasteiger partial charge in [-0.25, -0.2) is 4.98 Å². The van der Waals surface area contributed by atoms with Crippen LogP contribution in [0.5, 0.6) is 0 Å². The van der Waals surface area contributed by atoms with Gasteiger partial charge < -0.3 is 15.6 Å². The van der Waals surface area contributed by atoms with Crippen molar-refractivity contribution in [2.75, 3.05) is 13.1 Å². The summed E-state index contributed by atoms with van der Waals surface area (Å²) >= 11 is 0. The fourth-order valence-corrected chi connectivity index (χ4v) is 1.81. The molecule has 0 aliphatic rings. The molecule has 0 spiro atoms. The Labute approximate surface area is 95.5 Å². The first kappa shape index (κ1) is 11.1. The van der Waals surface area contributed by atoms with Crippen LogP contribution in [0.2, 0.25) is 0 Å². The zero-order valence-electron chi connectivity index (χ0n) is 9.83. The molecule has 4 heteroatoms. The molecule has 0 unspecified atom stereocenters. The average Bonchev–Trinajstić information content (AvgIpc) is 2.55. The highest BCUT2D eigenvalue weighted by atomic mass is 15.0. The van der Waals surface area contributed by atoms with Crippen LogP contribution in [0.15, 0.2) is 18.2 Å². The summed E-state index contributed by atoms with van der Waals surface area (Å²) in [7, 11) is 2.04. The smallest absolute Gasteiger partial charge is 0.106 e. The van der Waals surface area contributed by atoms with Crippen molar-refractivity contribution in [1.29, 1.82) is 0 Å². The van der Waals surface area contributed by atoms with Gasteiger partial charge in [0.25, 0.3) is 0 Å². The highest BCUT2D eigenvalue weighted by Gasteiger charge is 2.04. The molecule has 0 radical (unpaired) electrons. The summed E-state index contributed by atoms with van der Waals surface area (Å²) in [4.78, 5) is 4.51. The number of benzene rings is 1. The van der Waals surface area contributed by atoms with E-state index in [4.69, 9.17) is 5.73 Å². The second kappa shape index (κ2) is 4.63. The highest BCUT2D eigenvalue weighted by Crippen LogP contribution is 2.16. The van der Waals surface area contributed by atoms with Gasteiger partial charge in [-0.15, -0.1) is 0 Å². The quantitative estimate of drug-likeness (QED) is 0.751. The van der Waals surface area contributed by atoms with Crippen LogP contribution < -0.4 is 11.1 Å². The molecule has 0 bridgehead atoms. The molecule has 0 amide bonds. The maximum Gasteiger partial charge on any atom is 0.106 e. The van der Waals surface area contributed by atoms with E-state index in [1.165, 1.54) is 11.1 Å². The predicted octanol–water partition coefficient (Wildman–Crippen LogP) is 0.930. The molecule has 0 saturated carbocycles. The number of rotatable bonds is 4. The number of aromatic nitrogens is 2. The average molecular weight is 218 g/mol. The minimum Gasteiger partial charge on any atom is -0.331 e. The number of nitrogens with zero attached hydrogens (tertiary/aromatic N) is 2. The third-order valence-corrected chi connectivity index (χ3v) is 2.82. The van der Waals surface area contributed by atoms with Crippen molar-refractivity contribution in [3.05, 3.63) is 29.6 Å². The molecule has 0 fully saturated rings. The van der Waals surface area contributed by atoms with Gasteiger partial charge in [-0.2, -0.15) is 0 Å². The number of hydrogen-bond donors (Lipinski definition) is 2. The van der Waals surface area contributed by atoms with Gasteiger partial charge in [0, 0.05) is 26.7 Å². The monoisotopic (exact) mass is 218 g/mol. The summed E-state index contributed by atoms with van der Waals surface area (Å²) in [6, 6.07) is 6.38. The third-order valence-electron chi connectivity index (χ3n) is 2.82. The van der Waals surface area contributed by atoms with Gasteiger partial charge in [0.1, 0.15) is 5.82 Å². The summed E-state index contributed by atoms with van der Waals surface area (Å²) < 4.78 is 2.10. The van der Waals surface area contributed by atoms with Crippen molar-refractivity contribution < 1.29 is 0 Å². The molecule has 0 aliphatic heterocycles. The number of fused-ring (bicyclic) bond motifs is 1. The molecule has 86 valence electrons. The van der Waals surface area contributed by atoms with E-state index >= 15 is 0 Å². The Morgan fingerprint density at radius 3 is 3.00 bits per heavy atom. The minimum atomic E-state index is 0.672. The summed E-state index contributed by atoms with van der Waals surface area (Å²) in [6.45, 7) is 4.39. The molecule has 2 rings (SSSR count). The van der Waals surface area contributed by atoms with E-state index in [9.17, 15) is 0 Å². The van der Waals surface area contributed by atoms with Crippen LogP contribution in [-0.4, -0.2) is 22.6 Å². The van der Waals surface area contributed by atoms with Crippen molar-refractivity contribution in [2.24, 2.45) is 12.8 Å². The van der Waals surface area contributed by atoms with Crippen molar-refractivity contribution in [3.63, 3.8) is 0 Å². The van der Waals surface area contributed by atoms with Crippen molar-refractivity contribution in [3.8, 4) is 0 Å². The van der Waals surface area contributed by atoms with Crippen LogP contribution >= 0.6 is 0 Å². The summed E-state index contributed by atoms with van der Waals surface area (Å²) in [5.74, 6) is 1.04. The van der Waals surface area contributed by atoms with Crippen LogP contribution in [0.1, 0.15) is 11.4 Å². The first-order valence-electron chi connectivity index (χ1n) is 5.55. The van der Waals surface area contributed by atoms with Crippen LogP contribution in [0.3, 0.4) is 0 Å². The Balaban J connectivity index is 2.23. The molecule has 16 heavy (non-hydrogen) atoms. The molecule has 0 aliphatic carbocycles.